The van der Waals surface area contributed by atoms with Gasteiger partial charge < -0.3 is 9.84 Å². The zero-order valence-electron chi connectivity index (χ0n) is 8.57. The molecule has 0 aromatic heterocycles. The van der Waals surface area contributed by atoms with Crippen LogP contribution < -0.4 is 0 Å². The highest BCUT2D eigenvalue weighted by molar-refractivity contribution is 7.81. The quantitative estimate of drug-likeness (QED) is 0.354. The van der Waals surface area contributed by atoms with E-state index in [2.05, 4.69) is 12.6 Å². The molecule has 0 aliphatic carbocycles. The van der Waals surface area contributed by atoms with Gasteiger partial charge in [0.2, 0.25) is 0 Å². The summed E-state index contributed by atoms with van der Waals surface area (Å²) < 4.78 is 4.86. The molecule has 0 aromatic rings. The maximum atomic E-state index is 10.7. The molecular weight excluding hydrogens is 200 g/mol. The number of aliphatic hydroxyl groups is 1. The molecule has 0 radical (unpaired) electrons. The van der Waals surface area contributed by atoms with E-state index in [4.69, 9.17) is 9.84 Å². The lowest BCUT2D eigenvalue weighted by Crippen LogP contribution is -2.06. The standard InChI is InChI=1S/C10H20O3S/c11-7-5-3-1-2-4-6-8-13-10(12)9-14/h11,14H,1-9H2. The molecule has 0 rings (SSSR count). The minimum atomic E-state index is -0.242. The van der Waals surface area contributed by atoms with Crippen molar-refractivity contribution in [3.8, 4) is 0 Å². The summed E-state index contributed by atoms with van der Waals surface area (Å²) in [5.74, 6) is -0.0788. The van der Waals surface area contributed by atoms with Crippen molar-refractivity contribution in [2.45, 2.75) is 38.5 Å². The van der Waals surface area contributed by atoms with E-state index in [9.17, 15) is 4.79 Å². The SMILES string of the molecule is O=C(CS)OCCCCCCCCO. The molecule has 4 heteroatoms. The van der Waals surface area contributed by atoms with Gasteiger partial charge in [-0.25, -0.2) is 0 Å². The average molecular weight is 220 g/mol. The van der Waals surface area contributed by atoms with Gasteiger partial charge in [0.15, 0.2) is 0 Å². The lowest BCUT2D eigenvalue weighted by atomic mass is 10.1. The largest absolute Gasteiger partial charge is 0.465 e. The van der Waals surface area contributed by atoms with Crippen LogP contribution in [-0.2, 0) is 9.53 Å². The van der Waals surface area contributed by atoms with Gasteiger partial charge in [-0.05, 0) is 12.8 Å². The zero-order valence-corrected chi connectivity index (χ0v) is 9.47. The number of carbonyl (C=O) groups is 1. The van der Waals surface area contributed by atoms with E-state index in [1.807, 2.05) is 0 Å². The van der Waals surface area contributed by atoms with Crippen molar-refractivity contribution in [1.29, 1.82) is 0 Å². The van der Waals surface area contributed by atoms with Gasteiger partial charge in [0.25, 0.3) is 0 Å². The maximum absolute atomic E-state index is 10.7. The molecule has 0 amide bonds. The number of hydrogen-bond donors (Lipinski definition) is 2. The molecule has 0 spiro atoms. The number of hydrogen-bond acceptors (Lipinski definition) is 4. The fraction of sp³-hybridized carbons (Fsp3) is 0.900. The first kappa shape index (κ1) is 13.8. The van der Waals surface area contributed by atoms with Crippen molar-refractivity contribution >= 4 is 18.6 Å². The lowest BCUT2D eigenvalue weighted by molar-refractivity contribution is -0.140. The summed E-state index contributed by atoms with van der Waals surface area (Å²) in [6.45, 7) is 0.805. The number of esters is 1. The third-order valence-corrected chi connectivity index (χ3v) is 2.20. The highest BCUT2D eigenvalue weighted by atomic mass is 32.1. The molecule has 84 valence electrons. The Hall–Kier alpha value is -0.220. The molecule has 0 saturated heterocycles. The fourth-order valence-electron chi connectivity index (χ4n) is 1.15. The van der Waals surface area contributed by atoms with Gasteiger partial charge in [-0.1, -0.05) is 25.7 Å². The third kappa shape index (κ3) is 9.86. The van der Waals surface area contributed by atoms with Crippen LogP contribution in [0, 0.1) is 0 Å². The summed E-state index contributed by atoms with van der Waals surface area (Å²) in [7, 11) is 0. The van der Waals surface area contributed by atoms with E-state index < -0.39 is 0 Å². The van der Waals surface area contributed by atoms with Gasteiger partial charge in [0.05, 0.1) is 12.4 Å². The molecule has 0 atom stereocenters. The highest BCUT2D eigenvalue weighted by Gasteiger charge is 1.97. The first-order valence-corrected chi connectivity index (χ1v) is 5.82. The topological polar surface area (TPSA) is 46.5 Å². The average Bonchev–Trinajstić information content (AvgIpc) is 2.21. The Morgan fingerprint density at radius 1 is 1.07 bits per heavy atom. The number of aliphatic hydroxyl groups excluding tert-OH is 1. The van der Waals surface area contributed by atoms with E-state index in [1.165, 1.54) is 0 Å². The minimum Gasteiger partial charge on any atom is -0.465 e. The van der Waals surface area contributed by atoms with Crippen LogP contribution in [0.15, 0.2) is 0 Å². The number of ether oxygens (including phenoxy) is 1. The normalized spacial score (nSPS) is 10.1. The number of rotatable bonds is 9. The van der Waals surface area contributed by atoms with Crippen LogP contribution in [0.4, 0.5) is 0 Å². The summed E-state index contributed by atoms with van der Waals surface area (Å²) in [5.41, 5.74) is 0. The van der Waals surface area contributed by atoms with Gasteiger partial charge in [0.1, 0.15) is 0 Å². The molecule has 0 unspecified atom stereocenters. The van der Waals surface area contributed by atoms with E-state index >= 15 is 0 Å². The molecule has 0 aliphatic rings. The van der Waals surface area contributed by atoms with Crippen LogP contribution in [0.5, 0.6) is 0 Å². The van der Waals surface area contributed by atoms with Crippen LogP contribution in [0.1, 0.15) is 38.5 Å². The summed E-state index contributed by atoms with van der Waals surface area (Å²) in [6.07, 6.45) is 6.31. The van der Waals surface area contributed by atoms with Crippen LogP contribution in [-0.4, -0.2) is 30.0 Å². The first-order valence-electron chi connectivity index (χ1n) is 5.18. The molecule has 0 fully saturated rings. The van der Waals surface area contributed by atoms with Crippen LogP contribution in [0.3, 0.4) is 0 Å². The summed E-state index contributed by atoms with van der Waals surface area (Å²) >= 11 is 3.80. The monoisotopic (exact) mass is 220 g/mol. The molecular formula is C10H20O3S. The molecule has 1 N–H and O–H groups in total. The van der Waals surface area contributed by atoms with E-state index in [0.29, 0.717) is 13.2 Å². The molecule has 0 aliphatic heterocycles. The highest BCUT2D eigenvalue weighted by Crippen LogP contribution is 2.05. The van der Waals surface area contributed by atoms with Crippen LogP contribution in [0.25, 0.3) is 0 Å². The van der Waals surface area contributed by atoms with Crippen molar-refractivity contribution in [2.24, 2.45) is 0 Å². The summed E-state index contributed by atoms with van der Waals surface area (Å²) in [6, 6.07) is 0. The van der Waals surface area contributed by atoms with Crippen molar-refractivity contribution in [3.63, 3.8) is 0 Å². The second-order valence-electron chi connectivity index (χ2n) is 3.22. The Morgan fingerprint density at radius 3 is 2.21 bits per heavy atom. The number of thiol groups is 1. The fourth-order valence-corrected chi connectivity index (χ4v) is 1.24. The molecule has 0 bridgehead atoms. The predicted molar refractivity (Wildman–Crippen MR) is 59.6 cm³/mol. The second kappa shape index (κ2) is 10.9. The number of carbonyl (C=O) groups excluding carboxylic acids is 1. The third-order valence-electron chi connectivity index (χ3n) is 1.94. The summed E-state index contributed by atoms with van der Waals surface area (Å²) in [4.78, 5) is 10.7. The van der Waals surface area contributed by atoms with Crippen molar-refractivity contribution in [3.05, 3.63) is 0 Å². The van der Waals surface area contributed by atoms with Gasteiger partial charge in [-0.2, -0.15) is 12.6 Å². The lowest BCUT2D eigenvalue weighted by Gasteiger charge is -2.02. The molecule has 0 saturated carbocycles. The van der Waals surface area contributed by atoms with Crippen molar-refractivity contribution in [2.75, 3.05) is 19.0 Å². The Kier molecular flexibility index (Phi) is 10.7. The molecule has 0 heterocycles. The molecule has 14 heavy (non-hydrogen) atoms. The van der Waals surface area contributed by atoms with Gasteiger partial charge >= 0.3 is 5.97 Å². The Morgan fingerprint density at radius 2 is 1.64 bits per heavy atom. The zero-order chi connectivity index (χ0) is 10.6. The van der Waals surface area contributed by atoms with Crippen LogP contribution >= 0.6 is 12.6 Å². The Bertz CT molecular complexity index is 139. The van der Waals surface area contributed by atoms with Gasteiger partial charge in [-0.3, -0.25) is 4.79 Å². The van der Waals surface area contributed by atoms with Gasteiger partial charge in [0, 0.05) is 6.61 Å². The molecule has 0 aromatic carbocycles. The van der Waals surface area contributed by atoms with E-state index in [1.54, 1.807) is 0 Å². The predicted octanol–water partition coefficient (Wildman–Crippen LogP) is 1.79. The Labute approximate surface area is 91.2 Å². The van der Waals surface area contributed by atoms with E-state index in [-0.39, 0.29) is 11.7 Å². The first-order chi connectivity index (χ1) is 6.81. The Balaban J connectivity index is 2.95. The number of unbranched alkanes of at least 4 members (excludes halogenated alkanes) is 5. The van der Waals surface area contributed by atoms with Crippen LogP contribution in [0.2, 0.25) is 0 Å². The minimum absolute atomic E-state index is 0.163. The van der Waals surface area contributed by atoms with Gasteiger partial charge in [-0.15, -0.1) is 0 Å². The summed E-state index contributed by atoms with van der Waals surface area (Å²) in [5, 5.41) is 8.53. The molecule has 3 nitrogen and oxygen atoms in total. The van der Waals surface area contributed by atoms with E-state index in [0.717, 1.165) is 38.5 Å². The smallest absolute Gasteiger partial charge is 0.315 e. The maximum Gasteiger partial charge on any atom is 0.315 e. The van der Waals surface area contributed by atoms with Crippen molar-refractivity contribution < 1.29 is 14.6 Å². The second-order valence-corrected chi connectivity index (χ2v) is 3.54. The van der Waals surface area contributed by atoms with Crippen molar-refractivity contribution in [1.82, 2.24) is 0 Å².